The smallest absolute Gasteiger partial charge is 0.137 e. The number of methoxy groups -OCH3 is 1. The standard InChI is InChI=1S/C16H16BrCl2NO/c1-3-20-16(11-6-12(17)9-13(18)7-11)10-4-5-15(21-2)14(19)8-10/h4-9,16,20H,3H2,1-2H3. The number of rotatable bonds is 5. The van der Waals surface area contributed by atoms with Crippen LogP contribution in [0.25, 0.3) is 0 Å². The van der Waals surface area contributed by atoms with Crippen LogP contribution in [0.1, 0.15) is 24.1 Å². The van der Waals surface area contributed by atoms with Gasteiger partial charge in [-0.05, 0) is 48.0 Å². The van der Waals surface area contributed by atoms with Crippen molar-refractivity contribution >= 4 is 39.1 Å². The summed E-state index contributed by atoms with van der Waals surface area (Å²) < 4.78 is 6.15. The molecule has 0 amide bonds. The van der Waals surface area contributed by atoms with Crippen LogP contribution < -0.4 is 10.1 Å². The van der Waals surface area contributed by atoms with Gasteiger partial charge < -0.3 is 10.1 Å². The maximum atomic E-state index is 6.24. The summed E-state index contributed by atoms with van der Waals surface area (Å²) in [6.45, 7) is 2.90. The number of halogens is 3. The first kappa shape index (κ1) is 16.6. The Hall–Kier alpha value is -0.740. The Morgan fingerprint density at radius 3 is 2.48 bits per heavy atom. The van der Waals surface area contributed by atoms with Crippen molar-refractivity contribution in [1.82, 2.24) is 5.32 Å². The molecule has 1 N–H and O–H groups in total. The molecule has 21 heavy (non-hydrogen) atoms. The fourth-order valence-corrected chi connectivity index (χ4v) is 3.39. The zero-order valence-electron chi connectivity index (χ0n) is 11.8. The van der Waals surface area contributed by atoms with E-state index in [1.54, 1.807) is 7.11 Å². The molecule has 1 unspecified atom stereocenters. The van der Waals surface area contributed by atoms with E-state index in [4.69, 9.17) is 27.9 Å². The third kappa shape index (κ3) is 4.13. The van der Waals surface area contributed by atoms with E-state index in [9.17, 15) is 0 Å². The van der Waals surface area contributed by atoms with Gasteiger partial charge in [0.25, 0.3) is 0 Å². The molecular formula is C16H16BrCl2NO. The minimum Gasteiger partial charge on any atom is -0.495 e. The van der Waals surface area contributed by atoms with Crippen molar-refractivity contribution in [3.8, 4) is 5.75 Å². The molecule has 5 heteroatoms. The minimum absolute atomic E-state index is 0.0217. The number of ether oxygens (including phenoxy) is 1. The maximum absolute atomic E-state index is 6.24. The van der Waals surface area contributed by atoms with Crippen LogP contribution in [0, 0.1) is 0 Å². The van der Waals surface area contributed by atoms with Gasteiger partial charge in [-0.2, -0.15) is 0 Å². The molecule has 1 atom stereocenters. The molecule has 2 rings (SSSR count). The first-order chi connectivity index (χ1) is 10.0. The van der Waals surface area contributed by atoms with Crippen LogP contribution in [0.5, 0.6) is 5.75 Å². The van der Waals surface area contributed by atoms with E-state index >= 15 is 0 Å². The van der Waals surface area contributed by atoms with Crippen molar-refractivity contribution in [2.24, 2.45) is 0 Å². The summed E-state index contributed by atoms with van der Waals surface area (Å²) in [5.41, 5.74) is 2.15. The van der Waals surface area contributed by atoms with Crippen molar-refractivity contribution in [2.45, 2.75) is 13.0 Å². The van der Waals surface area contributed by atoms with Crippen LogP contribution in [0.3, 0.4) is 0 Å². The summed E-state index contributed by atoms with van der Waals surface area (Å²) >= 11 is 15.9. The zero-order chi connectivity index (χ0) is 15.4. The van der Waals surface area contributed by atoms with Gasteiger partial charge in [-0.15, -0.1) is 0 Å². The minimum atomic E-state index is 0.0217. The highest BCUT2D eigenvalue weighted by Crippen LogP contribution is 2.32. The second-order valence-corrected chi connectivity index (χ2v) is 6.35. The second kappa shape index (κ2) is 7.50. The van der Waals surface area contributed by atoms with Crippen LogP contribution in [-0.4, -0.2) is 13.7 Å². The van der Waals surface area contributed by atoms with Crippen molar-refractivity contribution in [1.29, 1.82) is 0 Å². The van der Waals surface area contributed by atoms with Crippen molar-refractivity contribution < 1.29 is 4.74 Å². The Kier molecular flexibility index (Phi) is 5.94. The molecule has 112 valence electrons. The second-order valence-electron chi connectivity index (χ2n) is 4.59. The zero-order valence-corrected chi connectivity index (χ0v) is 14.9. The lowest BCUT2D eigenvalue weighted by atomic mass is 9.98. The fraction of sp³-hybridized carbons (Fsp3) is 0.250. The molecule has 0 aromatic heterocycles. The first-order valence-electron chi connectivity index (χ1n) is 6.58. The normalized spacial score (nSPS) is 12.2. The molecule has 0 bridgehead atoms. The molecule has 0 aliphatic heterocycles. The van der Waals surface area contributed by atoms with Gasteiger partial charge in [-0.25, -0.2) is 0 Å². The summed E-state index contributed by atoms with van der Waals surface area (Å²) in [6.07, 6.45) is 0. The molecule has 2 nitrogen and oxygen atoms in total. The highest BCUT2D eigenvalue weighted by atomic mass is 79.9. The van der Waals surface area contributed by atoms with Gasteiger partial charge in [0, 0.05) is 9.50 Å². The van der Waals surface area contributed by atoms with Crippen LogP contribution in [0.15, 0.2) is 40.9 Å². The van der Waals surface area contributed by atoms with Crippen LogP contribution in [-0.2, 0) is 0 Å². The van der Waals surface area contributed by atoms with Gasteiger partial charge >= 0.3 is 0 Å². The van der Waals surface area contributed by atoms with Gasteiger partial charge in [0.1, 0.15) is 5.75 Å². The molecule has 2 aromatic carbocycles. The highest BCUT2D eigenvalue weighted by Gasteiger charge is 2.16. The molecule has 0 saturated carbocycles. The molecule has 0 saturated heterocycles. The Morgan fingerprint density at radius 1 is 1.14 bits per heavy atom. The third-order valence-electron chi connectivity index (χ3n) is 3.14. The summed E-state index contributed by atoms with van der Waals surface area (Å²) in [4.78, 5) is 0. The lowest BCUT2D eigenvalue weighted by molar-refractivity contribution is 0.414. The lowest BCUT2D eigenvalue weighted by Gasteiger charge is -2.20. The predicted octanol–water partition coefficient (Wildman–Crippen LogP) is 5.46. The average Bonchev–Trinajstić information content (AvgIpc) is 2.43. The first-order valence-corrected chi connectivity index (χ1v) is 8.13. The number of benzene rings is 2. The monoisotopic (exact) mass is 387 g/mol. The van der Waals surface area contributed by atoms with Crippen molar-refractivity contribution in [2.75, 3.05) is 13.7 Å². The molecule has 0 fully saturated rings. The topological polar surface area (TPSA) is 21.3 Å². The predicted molar refractivity (Wildman–Crippen MR) is 92.7 cm³/mol. The van der Waals surface area contributed by atoms with Gasteiger partial charge in [0.05, 0.1) is 18.2 Å². The Labute approximate surface area is 143 Å². The van der Waals surface area contributed by atoms with E-state index in [1.165, 1.54) is 0 Å². The average molecular weight is 389 g/mol. The molecular weight excluding hydrogens is 373 g/mol. The van der Waals surface area contributed by atoms with Crippen LogP contribution >= 0.6 is 39.1 Å². The van der Waals surface area contributed by atoms with E-state index in [-0.39, 0.29) is 6.04 Å². The molecule has 0 spiro atoms. The van der Waals surface area contributed by atoms with Crippen molar-refractivity contribution in [3.63, 3.8) is 0 Å². The summed E-state index contributed by atoms with van der Waals surface area (Å²) in [7, 11) is 1.61. The van der Waals surface area contributed by atoms with E-state index in [1.807, 2.05) is 30.3 Å². The van der Waals surface area contributed by atoms with E-state index in [2.05, 4.69) is 34.2 Å². The molecule has 0 aliphatic carbocycles. The van der Waals surface area contributed by atoms with Crippen LogP contribution in [0.4, 0.5) is 0 Å². The van der Waals surface area contributed by atoms with Gasteiger partial charge in [-0.3, -0.25) is 0 Å². The molecule has 2 aromatic rings. The van der Waals surface area contributed by atoms with E-state index in [0.29, 0.717) is 15.8 Å². The molecule has 0 radical (unpaired) electrons. The molecule has 0 heterocycles. The SMILES string of the molecule is CCNC(c1cc(Cl)cc(Br)c1)c1ccc(OC)c(Cl)c1. The van der Waals surface area contributed by atoms with Gasteiger partial charge in [0.2, 0.25) is 0 Å². The third-order valence-corrected chi connectivity index (χ3v) is 4.11. The van der Waals surface area contributed by atoms with E-state index in [0.717, 1.165) is 22.1 Å². The van der Waals surface area contributed by atoms with Crippen molar-refractivity contribution in [3.05, 3.63) is 62.0 Å². The molecule has 0 aliphatic rings. The van der Waals surface area contributed by atoms with Crippen LogP contribution in [0.2, 0.25) is 10.0 Å². The van der Waals surface area contributed by atoms with Gasteiger partial charge in [-0.1, -0.05) is 52.1 Å². The lowest BCUT2D eigenvalue weighted by Crippen LogP contribution is -2.22. The largest absolute Gasteiger partial charge is 0.495 e. The fourth-order valence-electron chi connectivity index (χ4n) is 2.24. The maximum Gasteiger partial charge on any atom is 0.137 e. The number of hydrogen-bond donors (Lipinski definition) is 1. The quantitative estimate of drug-likeness (QED) is 0.733. The number of nitrogens with one attached hydrogen (secondary N) is 1. The summed E-state index contributed by atoms with van der Waals surface area (Å²) in [6, 6.07) is 11.7. The Bertz CT molecular complexity index is 613. The summed E-state index contributed by atoms with van der Waals surface area (Å²) in [5.74, 6) is 0.669. The van der Waals surface area contributed by atoms with E-state index < -0.39 is 0 Å². The number of hydrogen-bond acceptors (Lipinski definition) is 2. The van der Waals surface area contributed by atoms with Gasteiger partial charge in [0.15, 0.2) is 0 Å². The Balaban J connectivity index is 2.45. The highest BCUT2D eigenvalue weighted by molar-refractivity contribution is 9.10. The summed E-state index contributed by atoms with van der Waals surface area (Å²) in [5, 5.41) is 4.75. The Morgan fingerprint density at radius 2 is 1.90 bits per heavy atom.